The molecule has 8 bridgehead atoms. The minimum absolute atomic E-state index is 0. The Morgan fingerprint density at radius 1 is 0.411 bits per heavy atom. The molecule has 2 aliphatic heterocycles. The van der Waals surface area contributed by atoms with Gasteiger partial charge >= 0.3 is 19.5 Å². The zero-order valence-electron chi connectivity index (χ0n) is 43.7. The Morgan fingerprint density at radius 2 is 0.685 bits per heavy atom. The molecular weight excluding hydrogens is 954 g/mol. The molecule has 5 heterocycles. The molecule has 4 aromatic carbocycles. The molecule has 0 fully saturated rings. The van der Waals surface area contributed by atoms with Gasteiger partial charge in [-0.15, -0.1) is 34.9 Å². The summed E-state index contributed by atoms with van der Waals surface area (Å²) in [4.78, 5) is 22.3. The molecule has 0 saturated heterocycles. The quantitative estimate of drug-likeness (QED) is 0.0883. The number of hydrogen-bond acceptors (Lipinski definition) is 6. The van der Waals surface area contributed by atoms with E-state index in [1.54, 1.807) is 28.4 Å². The minimum Gasteiger partial charge on any atom is -0.657 e. The van der Waals surface area contributed by atoms with Crippen molar-refractivity contribution in [1.29, 1.82) is 0 Å². The fourth-order valence-electron chi connectivity index (χ4n) is 9.78. The average molecular weight is 1010 g/mol. The summed E-state index contributed by atoms with van der Waals surface area (Å²) in [6.07, 6.45) is 20.1. The van der Waals surface area contributed by atoms with Crippen molar-refractivity contribution >= 4 is 46.4 Å². The van der Waals surface area contributed by atoms with Crippen molar-refractivity contribution in [3.8, 4) is 69.2 Å². The Hall–Kier alpha value is -6.94. The maximum Gasteiger partial charge on any atom is 2.00 e. The van der Waals surface area contributed by atoms with Crippen LogP contribution in [-0.2, 0) is 75.7 Å². The SMILES string of the molecule is C#Cc1ccc(-c2c3nc(c(-c4c(COC)cc(C(C)(C)C)cc4COC)c4ccc([n-]4)c(-c4ccc(C#C)cc4)c4nc(c(-c5c(COC)cc(C(C)(C)C)cc5COC)c5ccc2[n-]5)C=C4)C=C3)cc1.[Zn+2]. The predicted octanol–water partition coefficient (Wildman–Crippen LogP) is 13.7. The smallest absolute Gasteiger partial charge is 0.657 e. The number of benzene rings is 4. The standard InChI is InChI=1S/C64H60N4O4.Zn/c1-13-39-15-19-41(20-16-39)59-49-23-27-53(65-49)61(57-43(35-69-9)31-47(63(3,4)5)32-44(57)36-70-10)55-29-25-51(67-55)60(42-21-17-40(14-2)18-22-42)52-26-30-56(68-52)62(54-28-24-50(59)66-54)58-45(37-71-11)33-48(64(6,7)8)34-46(58)38-72-12;/h1-2,15-34H,35-38H2,3-12H3;/q-2;+2. The molecule has 7 aromatic rings. The summed E-state index contributed by atoms with van der Waals surface area (Å²) >= 11 is 0. The molecule has 362 valence electrons. The first-order valence-corrected chi connectivity index (χ1v) is 24.2. The van der Waals surface area contributed by atoms with E-state index in [0.717, 1.165) is 123 Å². The zero-order chi connectivity index (χ0) is 50.9. The molecule has 73 heavy (non-hydrogen) atoms. The van der Waals surface area contributed by atoms with Gasteiger partial charge < -0.3 is 28.9 Å². The number of methoxy groups -OCH3 is 4. The molecule has 0 unspecified atom stereocenters. The molecule has 0 saturated carbocycles. The summed E-state index contributed by atoms with van der Waals surface area (Å²) in [5, 5.41) is 0. The van der Waals surface area contributed by atoms with Gasteiger partial charge in [0.25, 0.3) is 0 Å². The largest absolute Gasteiger partial charge is 2.00 e. The molecule has 9 heteroatoms. The van der Waals surface area contributed by atoms with E-state index in [-0.39, 0.29) is 30.3 Å². The Bertz CT molecular complexity index is 3260. The second-order valence-corrected chi connectivity index (χ2v) is 20.4. The van der Waals surface area contributed by atoms with Crippen molar-refractivity contribution in [1.82, 2.24) is 19.9 Å². The number of ether oxygens (including phenoxy) is 4. The van der Waals surface area contributed by atoms with E-state index in [9.17, 15) is 0 Å². The van der Waals surface area contributed by atoms with Crippen molar-refractivity contribution in [2.45, 2.75) is 78.8 Å². The summed E-state index contributed by atoms with van der Waals surface area (Å²) < 4.78 is 23.9. The van der Waals surface area contributed by atoms with Gasteiger partial charge in [0.2, 0.25) is 0 Å². The topological polar surface area (TPSA) is 90.9 Å². The number of nitrogens with zero attached hydrogens (tertiary/aromatic N) is 4. The molecule has 0 spiro atoms. The molecule has 0 N–H and O–H groups in total. The minimum atomic E-state index is -0.148. The molecule has 0 amide bonds. The molecule has 2 aliphatic rings. The second kappa shape index (κ2) is 21.6. The average Bonchev–Trinajstić information content (AvgIpc) is 4.21. The normalized spacial score (nSPS) is 12.2. The van der Waals surface area contributed by atoms with Crippen LogP contribution in [0.2, 0.25) is 0 Å². The summed E-state index contributed by atoms with van der Waals surface area (Å²) in [6.45, 7) is 14.7. The van der Waals surface area contributed by atoms with E-state index in [2.05, 4.69) is 126 Å². The van der Waals surface area contributed by atoms with E-state index >= 15 is 0 Å². The van der Waals surface area contributed by atoms with Gasteiger partial charge in [0, 0.05) is 39.6 Å². The van der Waals surface area contributed by atoms with Gasteiger partial charge in [-0.2, -0.15) is 0 Å². The van der Waals surface area contributed by atoms with E-state index < -0.39 is 0 Å². The second-order valence-electron chi connectivity index (χ2n) is 20.4. The zero-order valence-corrected chi connectivity index (χ0v) is 46.6. The first-order valence-electron chi connectivity index (χ1n) is 24.2. The number of aromatic nitrogens is 4. The van der Waals surface area contributed by atoms with Gasteiger partial charge in [0.05, 0.1) is 49.2 Å². The van der Waals surface area contributed by atoms with Crippen LogP contribution < -0.4 is 9.97 Å². The van der Waals surface area contributed by atoms with Gasteiger partial charge in [-0.1, -0.05) is 126 Å². The summed E-state index contributed by atoms with van der Waals surface area (Å²) in [6, 6.07) is 33.3. The predicted molar refractivity (Wildman–Crippen MR) is 295 cm³/mol. The molecule has 0 radical (unpaired) electrons. The van der Waals surface area contributed by atoms with Crippen LogP contribution in [0.4, 0.5) is 0 Å². The third-order valence-electron chi connectivity index (χ3n) is 13.3. The van der Waals surface area contributed by atoms with Gasteiger partial charge in [-0.05, 0) is 137 Å². The van der Waals surface area contributed by atoms with Crippen molar-refractivity contribution in [2.75, 3.05) is 28.4 Å². The van der Waals surface area contributed by atoms with E-state index in [0.29, 0.717) is 26.4 Å². The Kier molecular flexibility index (Phi) is 15.5. The first-order chi connectivity index (χ1) is 34.7. The van der Waals surface area contributed by atoms with Crippen LogP contribution in [0.1, 0.15) is 109 Å². The van der Waals surface area contributed by atoms with E-state index in [4.69, 9.17) is 51.7 Å². The van der Waals surface area contributed by atoms with Crippen molar-refractivity contribution in [3.05, 3.63) is 164 Å². The van der Waals surface area contributed by atoms with Crippen LogP contribution in [0, 0.1) is 24.7 Å². The summed E-state index contributed by atoms with van der Waals surface area (Å²) in [5.74, 6) is 5.57. The number of hydrogen-bond donors (Lipinski definition) is 0. The molecule has 8 nitrogen and oxygen atoms in total. The van der Waals surface area contributed by atoms with Gasteiger partial charge in [-0.25, -0.2) is 9.97 Å². The van der Waals surface area contributed by atoms with E-state index in [1.165, 1.54) is 11.1 Å². The molecule has 0 aliphatic carbocycles. The van der Waals surface area contributed by atoms with Crippen LogP contribution in [0.15, 0.2) is 97.1 Å². The van der Waals surface area contributed by atoms with Crippen molar-refractivity contribution in [3.63, 3.8) is 0 Å². The van der Waals surface area contributed by atoms with Crippen molar-refractivity contribution < 1.29 is 38.4 Å². The Balaban J connectivity index is 0.00000711. The van der Waals surface area contributed by atoms with Crippen LogP contribution in [0.5, 0.6) is 0 Å². The number of rotatable bonds is 12. The molecule has 9 rings (SSSR count). The third kappa shape index (κ3) is 10.5. The van der Waals surface area contributed by atoms with Crippen LogP contribution in [0.3, 0.4) is 0 Å². The maximum absolute atomic E-state index is 5.99. The molecule has 0 atom stereocenters. The summed E-state index contributed by atoms with van der Waals surface area (Å²) in [7, 11) is 6.92. The molecular formula is C64H60N4O4Zn. The van der Waals surface area contributed by atoms with Crippen LogP contribution in [-0.4, -0.2) is 38.4 Å². The van der Waals surface area contributed by atoms with Crippen LogP contribution >= 0.6 is 0 Å². The maximum atomic E-state index is 5.99. The van der Waals surface area contributed by atoms with Crippen LogP contribution in [0.25, 0.3) is 90.9 Å². The number of terminal acetylenes is 2. The van der Waals surface area contributed by atoms with Gasteiger partial charge in [0.15, 0.2) is 0 Å². The first kappa shape index (κ1) is 52.4. The fourth-order valence-corrected chi connectivity index (χ4v) is 9.78. The van der Waals surface area contributed by atoms with Crippen molar-refractivity contribution in [2.24, 2.45) is 0 Å². The van der Waals surface area contributed by atoms with Gasteiger partial charge in [0.1, 0.15) is 0 Å². The molecule has 3 aromatic heterocycles. The Morgan fingerprint density at radius 3 is 0.945 bits per heavy atom. The monoisotopic (exact) mass is 1010 g/mol. The van der Waals surface area contributed by atoms with Gasteiger partial charge in [-0.3, -0.25) is 0 Å². The number of fused-ring (bicyclic) bond motifs is 8. The Labute approximate surface area is 443 Å². The fraction of sp³-hybridized carbons (Fsp3) is 0.250. The van der Waals surface area contributed by atoms with E-state index in [1.807, 2.05) is 48.5 Å². The third-order valence-corrected chi connectivity index (χ3v) is 13.3. The summed E-state index contributed by atoms with van der Waals surface area (Å²) in [5.41, 5.74) is 20.6.